The van der Waals surface area contributed by atoms with Gasteiger partial charge >= 0.3 is 5.97 Å². The van der Waals surface area contributed by atoms with Crippen LogP contribution in [0.2, 0.25) is 0 Å². The highest BCUT2D eigenvalue weighted by atomic mass is 16.5. The third kappa shape index (κ3) is 2.82. The van der Waals surface area contributed by atoms with Crippen molar-refractivity contribution in [2.75, 3.05) is 20.8 Å². The molecule has 1 aromatic carbocycles. The number of aromatic nitrogens is 1. The number of carbonyl (C=O) groups excluding carboxylic acids is 1. The summed E-state index contributed by atoms with van der Waals surface area (Å²) in [6.07, 6.45) is 2.54. The molecule has 0 radical (unpaired) electrons. The van der Waals surface area contributed by atoms with Crippen molar-refractivity contribution in [3.8, 4) is 11.5 Å². The minimum Gasteiger partial charge on any atom is -0.497 e. The monoisotopic (exact) mass is 291 g/mol. The first-order valence-electron chi connectivity index (χ1n) is 7.05. The molecule has 114 valence electrons. The summed E-state index contributed by atoms with van der Waals surface area (Å²) in [6, 6.07) is 5.33. The molecule has 0 saturated heterocycles. The largest absolute Gasteiger partial charge is 0.497 e. The fraction of sp³-hybridized carbons (Fsp3) is 0.438. The lowest BCUT2D eigenvalue weighted by atomic mass is 10.2. The third-order valence-electron chi connectivity index (χ3n) is 3.51. The number of methoxy groups -OCH3 is 2. The quantitative estimate of drug-likeness (QED) is 0.767. The Kier molecular flexibility index (Phi) is 4.73. The maximum absolute atomic E-state index is 12.1. The van der Waals surface area contributed by atoms with Gasteiger partial charge in [-0.3, -0.25) is 0 Å². The number of ether oxygens (including phenoxy) is 3. The molecule has 5 heteroatoms. The molecule has 0 aliphatic carbocycles. The van der Waals surface area contributed by atoms with Gasteiger partial charge in [0.2, 0.25) is 0 Å². The molecule has 2 aromatic rings. The summed E-state index contributed by atoms with van der Waals surface area (Å²) < 4.78 is 17.8. The SMILES string of the molecule is CCOC(=O)C(CC)n1ccc2c(OC)cc(OC)cc21. The average Bonchev–Trinajstić information content (AvgIpc) is 2.91. The molecule has 2 rings (SSSR count). The van der Waals surface area contributed by atoms with Crippen molar-refractivity contribution in [1.82, 2.24) is 4.57 Å². The molecule has 0 amide bonds. The number of esters is 1. The second-order valence-electron chi connectivity index (χ2n) is 4.66. The van der Waals surface area contributed by atoms with E-state index < -0.39 is 0 Å². The van der Waals surface area contributed by atoms with E-state index in [9.17, 15) is 4.79 Å². The molecule has 5 nitrogen and oxygen atoms in total. The number of carbonyl (C=O) groups is 1. The Hall–Kier alpha value is -2.17. The van der Waals surface area contributed by atoms with Crippen LogP contribution in [0.25, 0.3) is 10.9 Å². The van der Waals surface area contributed by atoms with Gasteiger partial charge in [-0.2, -0.15) is 0 Å². The Morgan fingerprint density at radius 3 is 2.57 bits per heavy atom. The van der Waals surface area contributed by atoms with E-state index in [-0.39, 0.29) is 12.0 Å². The maximum Gasteiger partial charge on any atom is 0.329 e. The zero-order chi connectivity index (χ0) is 15.4. The fourth-order valence-electron chi connectivity index (χ4n) is 2.48. The molecule has 0 aliphatic rings. The summed E-state index contributed by atoms with van der Waals surface area (Å²) in [5.41, 5.74) is 0.895. The fourth-order valence-corrected chi connectivity index (χ4v) is 2.48. The van der Waals surface area contributed by atoms with Gasteiger partial charge in [0.05, 0.1) is 26.3 Å². The van der Waals surface area contributed by atoms with Gasteiger partial charge in [0.1, 0.15) is 17.5 Å². The topological polar surface area (TPSA) is 49.7 Å². The predicted molar refractivity (Wildman–Crippen MR) is 81.0 cm³/mol. The van der Waals surface area contributed by atoms with Crippen LogP contribution >= 0.6 is 0 Å². The normalized spacial score (nSPS) is 12.2. The molecule has 1 aromatic heterocycles. The molecule has 0 N–H and O–H groups in total. The maximum atomic E-state index is 12.1. The molecule has 0 fully saturated rings. The number of nitrogens with zero attached hydrogens (tertiary/aromatic N) is 1. The smallest absolute Gasteiger partial charge is 0.329 e. The van der Waals surface area contributed by atoms with Gasteiger partial charge in [-0.1, -0.05) is 6.92 Å². The Bertz CT molecular complexity index is 632. The minimum atomic E-state index is -0.348. The van der Waals surface area contributed by atoms with E-state index in [1.807, 2.05) is 42.8 Å². The van der Waals surface area contributed by atoms with E-state index in [1.165, 1.54) is 0 Å². The first-order valence-corrected chi connectivity index (χ1v) is 7.05. The average molecular weight is 291 g/mol. The van der Waals surface area contributed by atoms with Crippen molar-refractivity contribution < 1.29 is 19.0 Å². The molecule has 1 unspecified atom stereocenters. The van der Waals surface area contributed by atoms with Crippen molar-refractivity contribution in [1.29, 1.82) is 0 Å². The Balaban J connectivity index is 2.56. The molecule has 1 heterocycles. The first-order chi connectivity index (χ1) is 10.2. The van der Waals surface area contributed by atoms with Gasteiger partial charge in [-0.15, -0.1) is 0 Å². The Morgan fingerprint density at radius 1 is 1.24 bits per heavy atom. The highest BCUT2D eigenvalue weighted by Crippen LogP contribution is 2.34. The zero-order valence-electron chi connectivity index (χ0n) is 12.9. The predicted octanol–water partition coefficient (Wildman–Crippen LogP) is 3.17. The van der Waals surface area contributed by atoms with Gasteiger partial charge in [-0.05, 0) is 19.4 Å². The standard InChI is InChI=1S/C16H21NO4/c1-5-13(16(18)21-6-2)17-8-7-12-14(17)9-11(19-3)10-15(12)20-4/h7-10,13H,5-6H2,1-4H3. The highest BCUT2D eigenvalue weighted by Gasteiger charge is 2.22. The molecule has 0 aliphatic heterocycles. The van der Waals surface area contributed by atoms with Crippen molar-refractivity contribution in [3.05, 3.63) is 24.4 Å². The molecule has 1 atom stereocenters. The van der Waals surface area contributed by atoms with Crippen LogP contribution < -0.4 is 9.47 Å². The second-order valence-corrected chi connectivity index (χ2v) is 4.66. The Labute approximate surface area is 124 Å². The molecule has 0 bridgehead atoms. The van der Waals surface area contributed by atoms with Crippen LogP contribution in [-0.2, 0) is 9.53 Å². The summed E-state index contributed by atoms with van der Waals surface area (Å²) in [5.74, 6) is 1.19. The summed E-state index contributed by atoms with van der Waals surface area (Å²) in [6.45, 7) is 4.15. The van der Waals surface area contributed by atoms with Gasteiger partial charge in [-0.25, -0.2) is 4.79 Å². The van der Waals surface area contributed by atoms with Crippen LogP contribution in [0.5, 0.6) is 11.5 Å². The van der Waals surface area contributed by atoms with Crippen LogP contribution in [0.1, 0.15) is 26.3 Å². The minimum absolute atomic E-state index is 0.223. The van der Waals surface area contributed by atoms with Crippen LogP contribution in [-0.4, -0.2) is 31.4 Å². The lowest BCUT2D eigenvalue weighted by Crippen LogP contribution is -2.20. The van der Waals surface area contributed by atoms with Crippen LogP contribution in [0.3, 0.4) is 0 Å². The highest BCUT2D eigenvalue weighted by molar-refractivity contribution is 5.89. The van der Waals surface area contributed by atoms with Crippen molar-refractivity contribution >= 4 is 16.9 Å². The van der Waals surface area contributed by atoms with Crippen molar-refractivity contribution in [2.24, 2.45) is 0 Å². The van der Waals surface area contributed by atoms with Gasteiger partial charge in [0, 0.05) is 23.7 Å². The zero-order valence-corrected chi connectivity index (χ0v) is 12.9. The summed E-state index contributed by atoms with van der Waals surface area (Å²) in [4.78, 5) is 12.1. The Morgan fingerprint density at radius 2 is 2.00 bits per heavy atom. The number of hydrogen-bond donors (Lipinski definition) is 0. The number of hydrogen-bond acceptors (Lipinski definition) is 4. The van der Waals surface area contributed by atoms with Crippen LogP contribution in [0.4, 0.5) is 0 Å². The molecular weight excluding hydrogens is 270 g/mol. The summed E-state index contributed by atoms with van der Waals surface area (Å²) in [5, 5.41) is 0.945. The summed E-state index contributed by atoms with van der Waals surface area (Å²) >= 11 is 0. The molecular formula is C16H21NO4. The van der Waals surface area contributed by atoms with Gasteiger partial charge in [0.25, 0.3) is 0 Å². The summed E-state index contributed by atoms with van der Waals surface area (Å²) in [7, 11) is 3.23. The third-order valence-corrected chi connectivity index (χ3v) is 3.51. The second kappa shape index (κ2) is 6.52. The van der Waals surface area contributed by atoms with Crippen LogP contribution in [0.15, 0.2) is 24.4 Å². The van der Waals surface area contributed by atoms with E-state index in [0.29, 0.717) is 18.8 Å². The van der Waals surface area contributed by atoms with Crippen molar-refractivity contribution in [3.63, 3.8) is 0 Å². The molecule has 21 heavy (non-hydrogen) atoms. The molecule has 0 saturated carbocycles. The van der Waals surface area contributed by atoms with Crippen LogP contribution in [0, 0.1) is 0 Å². The van der Waals surface area contributed by atoms with E-state index in [2.05, 4.69) is 0 Å². The van der Waals surface area contributed by atoms with E-state index in [4.69, 9.17) is 14.2 Å². The number of rotatable bonds is 6. The number of fused-ring (bicyclic) bond motifs is 1. The van der Waals surface area contributed by atoms with E-state index in [0.717, 1.165) is 16.7 Å². The lowest BCUT2D eigenvalue weighted by Gasteiger charge is -2.17. The lowest BCUT2D eigenvalue weighted by molar-refractivity contribution is -0.147. The van der Waals surface area contributed by atoms with E-state index >= 15 is 0 Å². The van der Waals surface area contributed by atoms with Gasteiger partial charge < -0.3 is 18.8 Å². The first kappa shape index (κ1) is 15.2. The van der Waals surface area contributed by atoms with E-state index in [1.54, 1.807) is 14.2 Å². The van der Waals surface area contributed by atoms with Gasteiger partial charge in [0.15, 0.2) is 0 Å². The van der Waals surface area contributed by atoms with Crippen molar-refractivity contribution in [2.45, 2.75) is 26.3 Å². The molecule has 0 spiro atoms. The number of benzene rings is 1.